The molecule has 4 amide bonds. The molecular weight excluding hydrogens is 696 g/mol. The van der Waals surface area contributed by atoms with Crippen molar-refractivity contribution in [2.75, 3.05) is 44.8 Å². The van der Waals surface area contributed by atoms with Gasteiger partial charge in [-0.15, -0.1) is 0 Å². The van der Waals surface area contributed by atoms with E-state index in [-0.39, 0.29) is 29.5 Å². The van der Waals surface area contributed by atoms with E-state index in [0.29, 0.717) is 76.3 Å². The van der Waals surface area contributed by atoms with Crippen LogP contribution in [-0.2, 0) is 40.3 Å². The predicted molar refractivity (Wildman–Crippen MR) is 202 cm³/mol. The number of unbranched alkanes of at least 4 members (excludes halogenated alkanes) is 6. The minimum Gasteiger partial charge on any atom is -0.381 e. The Kier molecular flexibility index (Phi) is 13.5. The average molecular weight is 752 g/mol. The van der Waals surface area contributed by atoms with E-state index in [1.165, 1.54) is 0 Å². The molecule has 3 aliphatic heterocycles. The first-order valence-corrected chi connectivity index (χ1v) is 19.7. The first kappa shape index (κ1) is 39.2. The van der Waals surface area contributed by atoms with Crippen LogP contribution >= 0.6 is 0 Å². The largest absolute Gasteiger partial charge is 0.381 e. The van der Waals surface area contributed by atoms with Crippen LogP contribution in [0.4, 0.5) is 25.1 Å². The van der Waals surface area contributed by atoms with Gasteiger partial charge in [0.1, 0.15) is 0 Å². The molecule has 1 aromatic carbocycles. The van der Waals surface area contributed by atoms with E-state index in [4.69, 9.17) is 15.6 Å². The van der Waals surface area contributed by atoms with Crippen molar-refractivity contribution in [1.29, 1.82) is 0 Å². The molecule has 0 saturated carbocycles. The summed E-state index contributed by atoms with van der Waals surface area (Å²) < 4.78 is 39.2. The number of benzene rings is 1. The van der Waals surface area contributed by atoms with Gasteiger partial charge < -0.3 is 30.9 Å². The van der Waals surface area contributed by atoms with Crippen LogP contribution in [0.15, 0.2) is 24.5 Å². The lowest BCUT2D eigenvalue weighted by atomic mass is 9.92. The molecular formula is C39H55F2N9O4. The second-order valence-corrected chi connectivity index (χ2v) is 14.7. The number of nitrogens with two attached hydrogens (primary N) is 1. The molecule has 1 fully saturated rings. The average Bonchev–Trinajstić information content (AvgIpc) is 3.81. The van der Waals surface area contributed by atoms with Gasteiger partial charge in [0, 0.05) is 93.4 Å². The van der Waals surface area contributed by atoms with E-state index >= 15 is 0 Å². The zero-order valence-corrected chi connectivity index (χ0v) is 31.5. The Morgan fingerprint density at radius 3 is 2.46 bits per heavy atom. The lowest BCUT2D eigenvalue weighted by Gasteiger charge is -2.33. The normalized spacial score (nSPS) is 16.0. The number of amides is 4. The maximum absolute atomic E-state index is 14.9. The number of fused-ring (bicyclic) bond motifs is 2. The van der Waals surface area contributed by atoms with Gasteiger partial charge in [0.25, 0.3) is 6.43 Å². The number of halogens is 2. The van der Waals surface area contributed by atoms with Gasteiger partial charge in [-0.05, 0) is 61.8 Å². The highest BCUT2D eigenvalue weighted by molar-refractivity contribution is 5.78. The van der Waals surface area contributed by atoms with Crippen molar-refractivity contribution in [3.05, 3.63) is 46.9 Å². The number of carbonyl (C=O) groups is 3. The third kappa shape index (κ3) is 9.57. The molecule has 6 rings (SSSR count). The number of anilines is 2. The number of rotatable bonds is 17. The number of alkyl halides is 2. The number of primary amides is 1. The van der Waals surface area contributed by atoms with Gasteiger partial charge >= 0.3 is 6.03 Å². The van der Waals surface area contributed by atoms with E-state index < -0.39 is 6.43 Å². The minimum absolute atomic E-state index is 0.0109. The maximum atomic E-state index is 14.9. The van der Waals surface area contributed by atoms with E-state index in [2.05, 4.69) is 25.3 Å². The Bertz CT molecular complexity index is 1750. The fourth-order valence-corrected chi connectivity index (χ4v) is 8.00. The van der Waals surface area contributed by atoms with Gasteiger partial charge in [-0.3, -0.25) is 19.0 Å². The monoisotopic (exact) mass is 751 g/mol. The number of nitrogens with zero attached hydrogens (tertiary/aromatic N) is 6. The van der Waals surface area contributed by atoms with Crippen LogP contribution in [0.5, 0.6) is 0 Å². The fraction of sp³-hybridized carbons (Fsp3) is 0.615. The van der Waals surface area contributed by atoms with Crippen molar-refractivity contribution in [1.82, 2.24) is 35.1 Å². The third-order valence-corrected chi connectivity index (χ3v) is 10.9. The molecule has 1 saturated heterocycles. The molecule has 2 aromatic heterocycles. The molecule has 3 aromatic rings. The van der Waals surface area contributed by atoms with E-state index in [9.17, 15) is 23.2 Å². The summed E-state index contributed by atoms with van der Waals surface area (Å²) in [6.45, 7) is 3.77. The summed E-state index contributed by atoms with van der Waals surface area (Å²) in [7, 11) is 1.63. The van der Waals surface area contributed by atoms with Crippen LogP contribution in [0.2, 0.25) is 0 Å². The van der Waals surface area contributed by atoms with Crippen molar-refractivity contribution in [3.8, 4) is 11.1 Å². The molecule has 4 N–H and O–H groups in total. The number of aryl methyl sites for hydroxylation is 1. The summed E-state index contributed by atoms with van der Waals surface area (Å²) in [4.78, 5) is 39.8. The standard InChI is InChI=1S/C39H55F2N9O4/c1-43-39(53)47-18-13-33-32(26-47)38(46-50(33)29-14-20-54-21-15-29)49-17-9-10-27-22-30(31(37(40)41)23-34(27)49)28-24-45-48(25-28)19-16-44-36(52)12-8-6-4-2-3-5-7-11-35(42)51/h22-25,29,37H,2-21,26H2,1H3,(H2,42,51)(H,43,53)(H,44,52). The molecule has 294 valence electrons. The lowest BCUT2D eigenvalue weighted by molar-refractivity contribution is -0.121. The molecule has 54 heavy (non-hydrogen) atoms. The van der Waals surface area contributed by atoms with Crippen LogP contribution in [0, 0.1) is 0 Å². The van der Waals surface area contributed by atoms with Gasteiger partial charge in [0.15, 0.2) is 5.82 Å². The molecule has 0 unspecified atom stereocenters. The third-order valence-electron chi connectivity index (χ3n) is 10.9. The molecule has 0 radical (unpaired) electrons. The number of nitrogens with one attached hydrogen (secondary N) is 2. The van der Waals surface area contributed by atoms with Gasteiger partial charge in [0.05, 0.1) is 25.3 Å². The fourth-order valence-electron chi connectivity index (χ4n) is 8.00. The minimum atomic E-state index is -2.71. The first-order valence-electron chi connectivity index (χ1n) is 19.7. The van der Waals surface area contributed by atoms with Crippen molar-refractivity contribution >= 4 is 29.4 Å². The van der Waals surface area contributed by atoms with Gasteiger partial charge in [0.2, 0.25) is 11.8 Å². The highest BCUT2D eigenvalue weighted by Crippen LogP contribution is 2.43. The van der Waals surface area contributed by atoms with Gasteiger partial charge in [-0.1, -0.05) is 32.1 Å². The summed E-state index contributed by atoms with van der Waals surface area (Å²) in [5.41, 5.74) is 9.95. The number of ether oxygens (including phenoxy) is 1. The molecule has 0 atom stereocenters. The van der Waals surface area contributed by atoms with E-state index in [1.54, 1.807) is 35.1 Å². The van der Waals surface area contributed by atoms with Gasteiger partial charge in [-0.2, -0.15) is 10.2 Å². The number of hydrogen-bond acceptors (Lipinski definition) is 7. The maximum Gasteiger partial charge on any atom is 0.317 e. The summed E-state index contributed by atoms with van der Waals surface area (Å²) in [6.07, 6.45) is 12.4. The van der Waals surface area contributed by atoms with Crippen LogP contribution in [-0.4, -0.2) is 82.2 Å². The molecule has 5 heterocycles. The van der Waals surface area contributed by atoms with Crippen LogP contribution in [0.3, 0.4) is 0 Å². The summed E-state index contributed by atoms with van der Waals surface area (Å²) in [5, 5.41) is 15.3. The number of aromatic nitrogens is 4. The second-order valence-electron chi connectivity index (χ2n) is 14.7. The highest BCUT2D eigenvalue weighted by atomic mass is 19.3. The zero-order valence-electron chi connectivity index (χ0n) is 31.5. The number of urea groups is 1. The topological polar surface area (TPSA) is 153 Å². The van der Waals surface area contributed by atoms with E-state index in [0.717, 1.165) is 99.0 Å². The van der Waals surface area contributed by atoms with Crippen LogP contribution in [0.1, 0.15) is 112 Å². The second kappa shape index (κ2) is 18.7. The number of carbonyl (C=O) groups excluding carboxylic acids is 3. The van der Waals surface area contributed by atoms with Crippen molar-refractivity contribution in [2.45, 2.75) is 115 Å². The Labute approximate surface area is 315 Å². The number of hydrogen-bond donors (Lipinski definition) is 3. The molecule has 0 spiro atoms. The smallest absolute Gasteiger partial charge is 0.317 e. The SMILES string of the molecule is CNC(=O)N1CCc2c(c(N3CCCc4cc(-c5cnn(CCNC(=O)CCCCCCCCCC(N)=O)c5)c(C(F)F)cc43)nn2C2CCOCC2)C1. The Morgan fingerprint density at radius 2 is 1.74 bits per heavy atom. The Balaban J connectivity index is 1.11. The zero-order chi connectivity index (χ0) is 38.0. The van der Waals surface area contributed by atoms with Gasteiger partial charge in [-0.25, -0.2) is 13.6 Å². The predicted octanol–water partition coefficient (Wildman–Crippen LogP) is 5.93. The summed E-state index contributed by atoms with van der Waals surface area (Å²) in [6, 6.07) is 3.54. The van der Waals surface area contributed by atoms with E-state index in [1.807, 2.05) is 6.07 Å². The Hall–Kier alpha value is -4.53. The van der Waals surface area contributed by atoms with Crippen molar-refractivity contribution in [3.63, 3.8) is 0 Å². The molecule has 13 nitrogen and oxygen atoms in total. The molecule has 15 heteroatoms. The Morgan fingerprint density at radius 1 is 1.00 bits per heavy atom. The van der Waals surface area contributed by atoms with Crippen molar-refractivity contribution in [2.24, 2.45) is 5.73 Å². The van der Waals surface area contributed by atoms with Crippen molar-refractivity contribution < 1.29 is 27.9 Å². The molecule has 0 bridgehead atoms. The van der Waals surface area contributed by atoms with Crippen LogP contribution in [0.25, 0.3) is 11.1 Å². The lowest BCUT2D eigenvalue weighted by Crippen LogP contribution is -2.42. The summed E-state index contributed by atoms with van der Waals surface area (Å²) in [5.74, 6) is 0.478. The first-order chi connectivity index (χ1) is 26.2. The van der Waals surface area contributed by atoms with Crippen LogP contribution < -0.4 is 21.3 Å². The molecule has 3 aliphatic rings. The summed E-state index contributed by atoms with van der Waals surface area (Å²) >= 11 is 0. The molecule has 0 aliphatic carbocycles. The highest BCUT2D eigenvalue weighted by Gasteiger charge is 2.34. The quantitative estimate of drug-likeness (QED) is 0.145.